The molecule has 0 unspecified atom stereocenters. The number of nitrogens with one attached hydrogen (secondary N) is 2. The lowest BCUT2D eigenvalue weighted by Gasteiger charge is -2.38. The van der Waals surface area contributed by atoms with Gasteiger partial charge in [-0.25, -0.2) is 4.79 Å². The van der Waals surface area contributed by atoms with Crippen molar-refractivity contribution in [2.45, 2.75) is 31.6 Å². The zero-order valence-corrected chi connectivity index (χ0v) is 28.4. The molecule has 1 aliphatic heterocycles. The molecule has 1 fully saturated rings. The lowest BCUT2D eigenvalue weighted by Crippen LogP contribution is -2.52. The summed E-state index contributed by atoms with van der Waals surface area (Å²) >= 11 is 0. The fourth-order valence-corrected chi connectivity index (χ4v) is 9.69. The van der Waals surface area contributed by atoms with Crippen LogP contribution in [-0.4, -0.2) is 85.7 Å². The summed E-state index contributed by atoms with van der Waals surface area (Å²) in [7, 11) is -0.153. The fraction of sp³-hybridized carbons (Fsp3) is 0.353. The fourth-order valence-electron chi connectivity index (χ4n) is 5.35. The van der Waals surface area contributed by atoms with Crippen LogP contribution in [0.5, 0.6) is 0 Å². The minimum absolute atomic E-state index is 0.0261. The Balaban J connectivity index is 0.000000543. The molecule has 10 nitrogen and oxygen atoms in total. The highest BCUT2D eigenvalue weighted by Gasteiger charge is 2.45. The van der Waals surface area contributed by atoms with E-state index in [1.54, 1.807) is 11.9 Å². The van der Waals surface area contributed by atoms with Gasteiger partial charge < -0.3 is 35.7 Å². The highest BCUT2D eigenvalue weighted by molar-refractivity contribution is 7.95. The minimum Gasteiger partial charge on any atom is -0.542 e. The second kappa shape index (κ2) is 19.1. The summed E-state index contributed by atoms with van der Waals surface area (Å²) in [6.07, 6.45) is -7.21. The first-order valence-electron chi connectivity index (χ1n) is 15.4. The number of amides is 1. The maximum atomic E-state index is 13.5. The van der Waals surface area contributed by atoms with E-state index in [1.807, 2.05) is 0 Å². The Morgan fingerprint density at radius 3 is 1.55 bits per heavy atom. The number of rotatable bonds is 10. The van der Waals surface area contributed by atoms with Crippen LogP contribution in [0.3, 0.4) is 0 Å². The molecule has 1 amide bonds. The first-order valence-corrected chi connectivity index (χ1v) is 17.4. The average molecular weight is 745 g/mol. The summed E-state index contributed by atoms with van der Waals surface area (Å²) in [5.41, 5.74) is 5.10. The molecule has 51 heavy (non-hydrogen) atoms. The van der Waals surface area contributed by atoms with Gasteiger partial charge in [0.1, 0.15) is 29.1 Å². The largest absolute Gasteiger partial charge is 0.542 e. The molecule has 4 rings (SSSR count). The highest BCUT2D eigenvalue weighted by atomic mass is 31.2. The molecule has 17 heteroatoms. The summed E-state index contributed by atoms with van der Waals surface area (Å²) in [6, 6.07) is 32.5. The molecule has 1 saturated heterocycles. The number of carbonyl (C=O) groups excluding carboxylic acids is 2. The van der Waals surface area contributed by atoms with Crippen molar-refractivity contribution in [2.75, 3.05) is 39.5 Å². The molecule has 0 radical (unpaired) electrons. The van der Waals surface area contributed by atoms with Gasteiger partial charge in [0.15, 0.2) is 5.96 Å². The molecular formula is C34H39F6N4O6P. The molecule has 1 heterocycles. The monoisotopic (exact) mass is 744 g/mol. The van der Waals surface area contributed by atoms with Crippen LogP contribution in [0.4, 0.5) is 26.3 Å². The smallest absolute Gasteiger partial charge is 0.490 e. The van der Waals surface area contributed by atoms with Gasteiger partial charge in [-0.3, -0.25) is 10.2 Å². The number of benzene rings is 3. The Labute approximate surface area is 291 Å². The van der Waals surface area contributed by atoms with Crippen molar-refractivity contribution >= 4 is 47.0 Å². The highest BCUT2D eigenvalue weighted by Crippen LogP contribution is 2.55. The van der Waals surface area contributed by atoms with Crippen molar-refractivity contribution < 1.29 is 55.7 Å². The number of hydrogen-bond donors (Lipinski definition) is 4. The van der Waals surface area contributed by atoms with Gasteiger partial charge in [0, 0.05) is 33.4 Å². The Morgan fingerprint density at radius 1 is 0.863 bits per heavy atom. The lowest BCUT2D eigenvalue weighted by atomic mass is 9.78. The topological polar surface area (TPSA) is 169 Å². The van der Waals surface area contributed by atoms with Crippen molar-refractivity contribution in [2.24, 2.45) is 11.1 Å². The van der Waals surface area contributed by atoms with E-state index in [0.29, 0.717) is 39.1 Å². The van der Waals surface area contributed by atoms with Crippen LogP contribution in [0.1, 0.15) is 19.3 Å². The number of guanidine groups is 1. The second-order valence-electron chi connectivity index (χ2n) is 11.4. The van der Waals surface area contributed by atoms with Crippen molar-refractivity contribution in [3.8, 4) is 0 Å². The van der Waals surface area contributed by atoms with E-state index in [-0.39, 0.29) is 11.9 Å². The van der Waals surface area contributed by atoms with Gasteiger partial charge in [-0.05, 0) is 55.7 Å². The van der Waals surface area contributed by atoms with E-state index in [0.717, 1.165) is 12.6 Å². The third-order valence-electron chi connectivity index (χ3n) is 7.90. The number of carboxylic acids is 2. The lowest BCUT2D eigenvalue weighted by molar-refractivity contribution is -0.344. The van der Waals surface area contributed by atoms with Crippen LogP contribution < -0.4 is 32.1 Å². The first kappa shape index (κ1) is 42.5. The summed E-state index contributed by atoms with van der Waals surface area (Å²) in [6.45, 7) is 2.11. The number of nitrogens with two attached hydrogens (primary N) is 1. The Kier molecular flexibility index (Phi) is 15.9. The molecule has 0 spiro atoms. The molecule has 1 aliphatic rings. The number of hydrogen-bond acceptors (Lipinski definition) is 6. The van der Waals surface area contributed by atoms with Crippen LogP contribution in [0.25, 0.3) is 0 Å². The quantitative estimate of drug-likeness (QED) is 0.0808. The first-order chi connectivity index (χ1) is 23.9. The van der Waals surface area contributed by atoms with Crippen molar-refractivity contribution in [3.63, 3.8) is 0 Å². The van der Waals surface area contributed by atoms with Gasteiger partial charge in [-0.15, -0.1) is 0 Å². The van der Waals surface area contributed by atoms with Gasteiger partial charge in [0.2, 0.25) is 5.91 Å². The minimum atomic E-state index is -5.19. The summed E-state index contributed by atoms with van der Waals surface area (Å²) in [5.74, 6) is -5.76. The molecule has 278 valence electrons. The van der Waals surface area contributed by atoms with Gasteiger partial charge >= 0.3 is 18.3 Å². The number of nitrogens with zero attached hydrogens (tertiary/aromatic N) is 1. The molecular weight excluding hydrogens is 705 g/mol. The Morgan fingerprint density at radius 2 is 1.24 bits per heavy atom. The molecule has 0 aliphatic carbocycles. The Bertz CT molecular complexity index is 1440. The van der Waals surface area contributed by atoms with Gasteiger partial charge in [0.25, 0.3) is 0 Å². The molecule has 0 atom stereocenters. The van der Waals surface area contributed by atoms with E-state index in [1.165, 1.54) is 15.9 Å². The van der Waals surface area contributed by atoms with E-state index in [2.05, 4.69) is 96.3 Å². The van der Waals surface area contributed by atoms with Crippen LogP contribution in [0.15, 0.2) is 91.0 Å². The van der Waals surface area contributed by atoms with Crippen molar-refractivity contribution in [1.29, 1.82) is 5.41 Å². The third-order valence-corrected chi connectivity index (χ3v) is 12.4. The molecule has 0 bridgehead atoms. The standard InChI is InChI=1S/C30H37N4O2P.2C2HF3O2/c1-34(29(31)32)24-30(18-21-36-22-19-30)28(35)33-20-11-23-37(25-12-5-2-6-13-25,26-14-7-3-8-15-26)27-16-9-4-10-17-27;2*3-2(4,5)1(6)7/h2-10,12-17H,11,18-24H2,1H3,(H3-,31,32,33,35);2*(H,6,7). The predicted octanol–water partition coefficient (Wildman–Crippen LogP) is 3.04. The summed E-state index contributed by atoms with van der Waals surface area (Å²) in [5, 5.41) is 31.0. The van der Waals surface area contributed by atoms with Crippen LogP contribution >= 0.6 is 7.26 Å². The number of ether oxygens (including phenoxy) is 1. The van der Waals surface area contributed by atoms with E-state index in [9.17, 15) is 31.1 Å². The van der Waals surface area contributed by atoms with Crippen molar-refractivity contribution in [1.82, 2.24) is 10.2 Å². The molecule has 5 N–H and O–H groups in total. The number of alkyl halides is 6. The number of aliphatic carboxylic acids is 2. The average Bonchev–Trinajstić information content (AvgIpc) is 3.09. The molecule has 0 saturated carbocycles. The molecule has 0 aromatic heterocycles. The van der Waals surface area contributed by atoms with E-state index in [4.69, 9.17) is 35.7 Å². The maximum absolute atomic E-state index is 13.5. The normalized spacial score (nSPS) is 14.0. The van der Waals surface area contributed by atoms with E-state index < -0.39 is 37.0 Å². The number of halogens is 6. The SMILES string of the molecule is CN(CC1(C(=O)NCCC[P+](c2ccccc2)(c2ccccc2)c2ccccc2)CCOCC1)C(=N)N.O=C(O)C(F)(F)F.O=C([O-])C(F)(F)F. The van der Waals surface area contributed by atoms with Gasteiger partial charge in [-0.2, -0.15) is 26.3 Å². The Hall–Kier alpha value is -4.69. The van der Waals surface area contributed by atoms with Crippen LogP contribution in [-0.2, 0) is 19.1 Å². The van der Waals surface area contributed by atoms with Crippen LogP contribution in [0, 0.1) is 10.8 Å². The summed E-state index contributed by atoms with van der Waals surface area (Å²) < 4.78 is 68.8. The maximum Gasteiger partial charge on any atom is 0.490 e. The molecule has 3 aromatic carbocycles. The number of carboxylic acid groups (broad SMARTS) is 2. The van der Waals surface area contributed by atoms with Crippen LogP contribution in [0.2, 0.25) is 0 Å². The zero-order valence-electron chi connectivity index (χ0n) is 27.5. The van der Waals surface area contributed by atoms with Crippen molar-refractivity contribution in [3.05, 3.63) is 91.0 Å². The van der Waals surface area contributed by atoms with Gasteiger partial charge in [-0.1, -0.05) is 54.6 Å². The molecule has 3 aromatic rings. The predicted molar refractivity (Wildman–Crippen MR) is 179 cm³/mol. The number of carbonyl (C=O) groups is 3. The third kappa shape index (κ3) is 12.5. The zero-order chi connectivity index (χ0) is 38.3. The summed E-state index contributed by atoms with van der Waals surface area (Å²) in [4.78, 5) is 32.9. The van der Waals surface area contributed by atoms with E-state index >= 15 is 0 Å². The van der Waals surface area contributed by atoms with Gasteiger partial charge in [0.05, 0.1) is 11.6 Å². The second-order valence-corrected chi connectivity index (χ2v) is 15.0.